The predicted molar refractivity (Wildman–Crippen MR) is 149 cm³/mol. The highest BCUT2D eigenvalue weighted by molar-refractivity contribution is 7.92. The summed E-state index contributed by atoms with van der Waals surface area (Å²) in [5.74, 6) is -0.516. The molecule has 0 aliphatic rings. The number of benzene rings is 3. The fourth-order valence-corrected chi connectivity index (χ4v) is 5.25. The first-order chi connectivity index (χ1) is 17.6. The maximum absolute atomic E-state index is 13.1. The van der Waals surface area contributed by atoms with E-state index in [1.807, 2.05) is 74.5 Å². The molecule has 0 radical (unpaired) electrons. The van der Waals surface area contributed by atoms with Gasteiger partial charge in [-0.3, -0.25) is 9.10 Å². The molecule has 0 aliphatic heterocycles. The van der Waals surface area contributed by atoms with Crippen molar-refractivity contribution in [3.8, 4) is 5.69 Å². The van der Waals surface area contributed by atoms with E-state index in [-0.39, 0.29) is 17.8 Å². The van der Waals surface area contributed by atoms with Crippen molar-refractivity contribution < 1.29 is 13.2 Å². The van der Waals surface area contributed by atoms with Crippen molar-refractivity contribution >= 4 is 39.4 Å². The molecule has 0 bridgehead atoms. The number of aromatic nitrogens is 1. The molecule has 4 rings (SSSR count). The molecule has 3 aromatic carbocycles. The summed E-state index contributed by atoms with van der Waals surface area (Å²) >= 11 is 6.16. The van der Waals surface area contributed by atoms with Crippen molar-refractivity contribution in [3.63, 3.8) is 0 Å². The Hall–Kier alpha value is -3.88. The second-order valence-electron chi connectivity index (χ2n) is 8.61. The molecule has 0 fully saturated rings. The quantitative estimate of drug-likeness (QED) is 0.240. The second kappa shape index (κ2) is 11.0. The summed E-state index contributed by atoms with van der Waals surface area (Å²) in [6.07, 6.45) is 2.70. The molecule has 37 heavy (non-hydrogen) atoms. The predicted octanol–water partition coefficient (Wildman–Crippen LogP) is 5.48. The minimum absolute atomic E-state index is 0.0999. The summed E-state index contributed by atoms with van der Waals surface area (Å²) in [6, 6.07) is 25.3. The van der Waals surface area contributed by atoms with Gasteiger partial charge < -0.3 is 4.57 Å². The number of halogens is 1. The number of sulfonamides is 1. The van der Waals surface area contributed by atoms with Crippen molar-refractivity contribution in [2.24, 2.45) is 5.10 Å². The van der Waals surface area contributed by atoms with E-state index in [0.717, 1.165) is 34.5 Å². The number of hydrogen-bond acceptors (Lipinski definition) is 4. The summed E-state index contributed by atoms with van der Waals surface area (Å²) < 4.78 is 28.6. The number of aryl methyl sites for hydroxylation is 1. The summed E-state index contributed by atoms with van der Waals surface area (Å²) in [5, 5.41) is 4.80. The zero-order chi connectivity index (χ0) is 26.6. The average Bonchev–Trinajstić information content (AvgIpc) is 3.15. The van der Waals surface area contributed by atoms with Crippen LogP contribution in [0.4, 0.5) is 5.69 Å². The third kappa shape index (κ3) is 6.10. The van der Waals surface area contributed by atoms with Gasteiger partial charge in [0, 0.05) is 27.7 Å². The molecule has 1 aromatic heterocycles. The van der Waals surface area contributed by atoms with Gasteiger partial charge in [-0.25, -0.2) is 13.8 Å². The van der Waals surface area contributed by atoms with Crippen LogP contribution in [0.15, 0.2) is 90.0 Å². The first-order valence-corrected chi connectivity index (χ1v) is 13.8. The number of carbonyl (C=O) groups is 1. The fraction of sp³-hybridized carbons (Fsp3) is 0.143. The highest BCUT2D eigenvalue weighted by Gasteiger charge is 2.23. The van der Waals surface area contributed by atoms with Crippen molar-refractivity contribution in [3.05, 3.63) is 118 Å². The molecule has 0 atom stereocenters. The molecule has 0 spiro atoms. The molecule has 0 aliphatic carbocycles. The van der Waals surface area contributed by atoms with Gasteiger partial charge in [0.1, 0.15) is 0 Å². The smallest absolute Gasteiger partial charge is 0.273 e. The van der Waals surface area contributed by atoms with E-state index in [1.54, 1.807) is 30.5 Å². The van der Waals surface area contributed by atoms with Crippen molar-refractivity contribution in [1.29, 1.82) is 0 Å². The summed E-state index contributed by atoms with van der Waals surface area (Å²) in [4.78, 5) is 13.1. The normalized spacial score (nSPS) is 11.6. The zero-order valence-corrected chi connectivity index (χ0v) is 22.3. The largest absolute Gasteiger partial charge is 0.318 e. The van der Waals surface area contributed by atoms with Crippen LogP contribution < -0.4 is 9.73 Å². The van der Waals surface area contributed by atoms with Gasteiger partial charge >= 0.3 is 0 Å². The summed E-state index contributed by atoms with van der Waals surface area (Å²) in [5.41, 5.74) is 7.50. The molecule has 190 valence electrons. The van der Waals surface area contributed by atoms with Crippen LogP contribution in [0.3, 0.4) is 0 Å². The van der Waals surface area contributed by atoms with Crippen LogP contribution in [0.2, 0.25) is 5.02 Å². The molecular formula is C28H27ClN4O3S. The second-order valence-corrected chi connectivity index (χ2v) is 11.0. The van der Waals surface area contributed by atoms with Crippen LogP contribution >= 0.6 is 11.6 Å². The minimum atomic E-state index is -3.67. The van der Waals surface area contributed by atoms with Crippen LogP contribution in [-0.2, 0) is 16.6 Å². The van der Waals surface area contributed by atoms with Crippen molar-refractivity contribution in [2.75, 3.05) is 10.6 Å². The summed E-state index contributed by atoms with van der Waals surface area (Å²) in [6.45, 7) is 4.04. The Balaban J connectivity index is 1.58. The highest BCUT2D eigenvalue weighted by Crippen LogP contribution is 2.26. The van der Waals surface area contributed by atoms with E-state index < -0.39 is 15.9 Å². The Morgan fingerprint density at radius 3 is 2.41 bits per heavy atom. The summed E-state index contributed by atoms with van der Waals surface area (Å²) in [7, 11) is -3.67. The van der Waals surface area contributed by atoms with Crippen LogP contribution in [0.25, 0.3) is 5.69 Å². The lowest BCUT2D eigenvalue weighted by Gasteiger charge is -2.24. The lowest BCUT2D eigenvalue weighted by atomic mass is 10.1. The van der Waals surface area contributed by atoms with Crippen LogP contribution in [-0.4, -0.2) is 31.4 Å². The molecule has 0 saturated heterocycles. The molecule has 1 N–H and O–H groups in total. The van der Waals surface area contributed by atoms with Gasteiger partial charge in [-0.1, -0.05) is 60.1 Å². The average molecular weight is 535 g/mol. The van der Waals surface area contributed by atoms with Gasteiger partial charge in [0.15, 0.2) is 0 Å². The van der Waals surface area contributed by atoms with Crippen molar-refractivity contribution in [2.45, 2.75) is 20.4 Å². The van der Waals surface area contributed by atoms with Gasteiger partial charge in [-0.2, -0.15) is 5.10 Å². The number of nitrogens with one attached hydrogen (secondary N) is 1. The highest BCUT2D eigenvalue weighted by atomic mass is 35.5. The van der Waals surface area contributed by atoms with Gasteiger partial charge in [0.05, 0.1) is 30.3 Å². The Bertz CT molecular complexity index is 1560. The molecule has 9 heteroatoms. The van der Waals surface area contributed by atoms with Gasteiger partial charge in [-0.15, -0.1) is 0 Å². The first kappa shape index (κ1) is 26.2. The maximum atomic E-state index is 13.1. The lowest BCUT2D eigenvalue weighted by Crippen LogP contribution is -2.32. The lowest BCUT2D eigenvalue weighted by molar-refractivity contribution is 0.0955. The third-order valence-electron chi connectivity index (χ3n) is 5.89. The Morgan fingerprint density at radius 2 is 1.70 bits per heavy atom. The Kier molecular flexibility index (Phi) is 7.80. The van der Waals surface area contributed by atoms with Gasteiger partial charge in [-0.05, 0) is 55.8 Å². The van der Waals surface area contributed by atoms with E-state index in [2.05, 4.69) is 15.1 Å². The maximum Gasteiger partial charge on any atom is 0.273 e. The van der Waals surface area contributed by atoms with E-state index >= 15 is 0 Å². The van der Waals surface area contributed by atoms with E-state index in [0.29, 0.717) is 5.02 Å². The van der Waals surface area contributed by atoms with Crippen LogP contribution in [0, 0.1) is 13.8 Å². The Labute approximate surface area is 222 Å². The van der Waals surface area contributed by atoms with Gasteiger partial charge in [0.2, 0.25) is 10.0 Å². The molecule has 7 nitrogen and oxygen atoms in total. The number of para-hydroxylation sites is 1. The van der Waals surface area contributed by atoms with Crippen LogP contribution in [0.1, 0.15) is 32.9 Å². The van der Waals surface area contributed by atoms with E-state index in [1.165, 1.54) is 4.31 Å². The topological polar surface area (TPSA) is 83.8 Å². The van der Waals surface area contributed by atoms with E-state index in [9.17, 15) is 13.2 Å². The standard InChI is InChI=1S/C28H27ClN4O3S/c1-20-16-23(21(2)33(20)25-13-9-12-24(29)17-25)18-30-31-28(34)26-14-7-8-15-27(26)32(37(3,35)36)19-22-10-5-4-6-11-22/h4-18H,19H2,1-3H3,(H,31,34)/b30-18-. The van der Waals surface area contributed by atoms with Gasteiger partial charge in [0.25, 0.3) is 5.91 Å². The molecule has 1 heterocycles. The van der Waals surface area contributed by atoms with Crippen molar-refractivity contribution in [1.82, 2.24) is 9.99 Å². The number of hydrogen-bond donors (Lipinski definition) is 1. The number of amides is 1. The van der Waals surface area contributed by atoms with E-state index in [4.69, 9.17) is 11.6 Å². The molecule has 1 amide bonds. The molecule has 0 saturated carbocycles. The molecular weight excluding hydrogens is 508 g/mol. The monoisotopic (exact) mass is 534 g/mol. The molecule has 0 unspecified atom stereocenters. The number of hydrazone groups is 1. The SMILES string of the molecule is Cc1cc(/C=N\NC(=O)c2ccccc2N(Cc2ccccc2)S(C)(=O)=O)c(C)n1-c1cccc(Cl)c1. The third-order valence-corrected chi connectivity index (χ3v) is 7.25. The Morgan fingerprint density at radius 1 is 1.00 bits per heavy atom. The number of rotatable bonds is 8. The number of anilines is 1. The number of carbonyl (C=O) groups excluding carboxylic acids is 1. The molecule has 4 aromatic rings. The first-order valence-electron chi connectivity index (χ1n) is 11.5. The van der Waals surface area contributed by atoms with Crippen LogP contribution in [0.5, 0.6) is 0 Å². The zero-order valence-electron chi connectivity index (χ0n) is 20.7. The number of nitrogens with zero attached hydrogens (tertiary/aromatic N) is 3. The minimum Gasteiger partial charge on any atom is -0.318 e. The fourth-order valence-electron chi connectivity index (χ4n) is 4.16.